The molecule has 0 radical (unpaired) electrons. The predicted octanol–water partition coefficient (Wildman–Crippen LogP) is 4.41. The number of nitrogens with one attached hydrogen (secondary N) is 2. The second-order valence-corrected chi connectivity index (χ2v) is 7.53. The number of aromatic amines is 1. The fourth-order valence-electron chi connectivity index (χ4n) is 3.45. The first kappa shape index (κ1) is 20.3. The van der Waals surface area contributed by atoms with Crippen LogP contribution in [0.15, 0.2) is 24.7 Å². The number of carboxylic acids is 1. The van der Waals surface area contributed by atoms with Gasteiger partial charge in [-0.2, -0.15) is 13.2 Å². The van der Waals surface area contributed by atoms with Crippen LogP contribution >= 0.6 is 11.6 Å². The molecule has 1 aliphatic rings. The molecule has 158 valence electrons. The van der Waals surface area contributed by atoms with E-state index < -0.39 is 41.7 Å². The molecular formula is C18H14ClF4N5O2. The van der Waals surface area contributed by atoms with E-state index in [2.05, 4.69) is 25.3 Å². The standard InChI is InChI=1S/C18H14ClF4N5O2/c19-8-3-9-10(6-25-14(9)24-5-8)15-26-7-11(20)16(28-15)27-12(4-13(29)30)17(1-2-17)18(21,22)23/h3,5-7,12H,1-2,4H2,(H,24,25)(H,29,30)(H,26,27,28). The Bertz CT molecular complexity index is 1130. The molecule has 1 fully saturated rings. The van der Waals surface area contributed by atoms with E-state index in [4.69, 9.17) is 16.7 Å². The lowest BCUT2D eigenvalue weighted by Crippen LogP contribution is -2.42. The molecule has 3 N–H and O–H groups in total. The van der Waals surface area contributed by atoms with Crippen LogP contribution in [0, 0.1) is 11.2 Å². The van der Waals surface area contributed by atoms with Gasteiger partial charge in [-0.1, -0.05) is 11.6 Å². The quantitative estimate of drug-likeness (QED) is 0.487. The van der Waals surface area contributed by atoms with E-state index in [1.54, 1.807) is 6.07 Å². The van der Waals surface area contributed by atoms with Gasteiger partial charge in [-0.15, -0.1) is 0 Å². The van der Waals surface area contributed by atoms with Crippen LogP contribution < -0.4 is 5.32 Å². The van der Waals surface area contributed by atoms with Crippen LogP contribution in [0.3, 0.4) is 0 Å². The van der Waals surface area contributed by atoms with E-state index in [1.807, 2.05) is 0 Å². The maximum atomic E-state index is 14.3. The molecule has 3 aromatic heterocycles. The zero-order chi connectivity index (χ0) is 21.7. The monoisotopic (exact) mass is 443 g/mol. The Hall–Kier alpha value is -2.95. The summed E-state index contributed by atoms with van der Waals surface area (Å²) in [6, 6.07) is 0.0114. The molecule has 0 amide bonds. The van der Waals surface area contributed by atoms with Gasteiger partial charge in [0, 0.05) is 23.3 Å². The van der Waals surface area contributed by atoms with Gasteiger partial charge in [-0.05, 0) is 18.9 Å². The number of hydrogen-bond acceptors (Lipinski definition) is 5. The summed E-state index contributed by atoms with van der Waals surface area (Å²) in [7, 11) is 0. The Labute approximate surface area is 171 Å². The van der Waals surface area contributed by atoms with Crippen molar-refractivity contribution < 1.29 is 27.5 Å². The number of alkyl halides is 3. The highest BCUT2D eigenvalue weighted by molar-refractivity contribution is 6.31. The van der Waals surface area contributed by atoms with Crippen molar-refractivity contribution in [2.24, 2.45) is 5.41 Å². The molecule has 3 aromatic rings. The largest absolute Gasteiger partial charge is 0.481 e. The van der Waals surface area contributed by atoms with Crippen molar-refractivity contribution in [3.8, 4) is 11.4 Å². The number of halogens is 5. The molecule has 0 spiro atoms. The van der Waals surface area contributed by atoms with Gasteiger partial charge in [0.25, 0.3) is 0 Å². The number of H-pyrrole nitrogens is 1. The van der Waals surface area contributed by atoms with Crippen LogP contribution in [0.1, 0.15) is 19.3 Å². The summed E-state index contributed by atoms with van der Waals surface area (Å²) in [6.45, 7) is 0. The maximum Gasteiger partial charge on any atom is 0.396 e. The number of carbonyl (C=O) groups is 1. The molecule has 0 aliphatic heterocycles. The number of fused-ring (bicyclic) bond motifs is 1. The molecule has 12 heteroatoms. The van der Waals surface area contributed by atoms with E-state index in [0.717, 1.165) is 6.20 Å². The van der Waals surface area contributed by atoms with Crippen molar-refractivity contribution >= 4 is 34.4 Å². The van der Waals surface area contributed by atoms with Crippen LogP contribution in [-0.2, 0) is 4.79 Å². The summed E-state index contributed by atoms with van der Waals surface area (Å²) in [5, 5.41) is 12.3. The molecule has 7 nitrogen and oxygen atoms in total. The van der Waals surface area contributed by atoms with Crippen LogP contribution in [-0.4, -0.2) is 43.2 Å². The fourth-order valence-corrected chi connectivity index (χ4v) is 3.61. The summed E-state index contributed by atoms with van der Waals surface area (Å²) in [5.74, 6) is -2.93. The minimum Gasteiger partial charge on any atom is -0.481 e. The first-order valence-corrected chi connectivity index (χ1v) is 9.19. The summed E-state index contributed by atoms with van der Waals surface area (Å²) >= 11 is 5.96. The summed E-state index contributed by atoms with van der Waals surface area (Å²) in [5.41, 5.74) is -1.36. The Morgan fingerprint density at radius 1 is 1.33 bits per heavy atom. The van der Waals surface area contributed by atoms with E-state index in [0.29, 0.717) is 21.6 Å². The molecule has 0 aromatic carbocycles. The average Bonchev–Trinajstić information content (AvgIpc) is 3.38. The normalized spacial score (nSPS) is 16.4. The van der Waals surface area contributed by atoms with Crippen LogP contribution in [0.25, 0.3) is 22.4 Å². The summed E-state index contributed by atoms with van der Waals surface area (Å²) in [4.78, 5) is 26.0. The number of anilines is 1. The van der Waals surface area contributed by atoms with Crippen molar-refractivity contribution in [3.63, 3.8) is 0 Å². The molecule has 4 rings (SSSR count). The molecule has 30 heavy (non-hydrogen) atoms. The number of nitrogens with zero attached hydrogens (tertiary/aromatic N) is 3. The fraction of sp³-hybridized carbons (Fsp3) is 0.333. The Kier molecular flexibility index (Phi) is 4.80. The minimum atomic E-state index is -4.63. The van der Waals surface area contributed by atoms with E-state index in [1.165, 1.54) is 12.4 Å². The van der Waals surface area contributed by atoms with Crippen LogP contribution in [0.4, 0.5) is 23.4 Å². The number of rotatable bonds is 6. The zero-order valence-electron chi connectivity index (χ0n) is 15.1. The lowest BCUT2D eigenvalue weighted by molar-refractivity contribution is -0.192. The van der Waals surface area contributed by atoms with E-state index >= 15 is 0 Å². The summed E-state index contributed by atoms with van der Waals surface area (Å²) < 4.78 is 54.9. The Morgan fingerprint density at radius 3 is 2.70 bits per heavy atom. The molecule has 1 aliphatic carbocycles. The smallest absolute Gasteiger partial charge is 0.396 e. The van der Waals surface area contributed by atoms with Crippen molar-refractivity contribution in [1.82, 2.24) is 19.9 Å². The van der Waals surface area contributed by atoms with Crippen LogP contribution in [0.5, 0.6) is 0 Å². The molecule has 1 saturated carbocycles. The van der Waals surface area contributed by atoms with Gasteiger partial charge in [-0.25, -0.2) is 19.3 Å². The van der Waals surface area contributed by atoms with Gasteiger partial charge in [-0.3, -0.25) is 4.79 Å². The topological polar surface area (TPSA) is 104 Å². The van der Waals surface area contributed by atoms with Gasteiger partial charge in [0.15, 0.2) is 17.5 Å². The minimum absolute atomic E-state index is 0.0140. The van der Waals surface area contributed by atoms with Gasteiger partial charge in [0.2, 0.25) is 0 Å². The third-order valence-electron chi connectivity index (χ3n) is 5.19. The first-order chi connectivity index (χ1) is 14.1. The number of aliphatic carboxylic acids is 1. The molecule has 1 atom stereocenters. The van der Waals surface area contributed by atoms with Gasteiger partial charge in [0.1, 0.15) is 5.65 Å². The SMILES string of the molecule is O=C(O)CC(Nc1nc(-c2c[nH]c3ncc(Cl)cc23)ncc1F)C1(C(F)(F)F)CC1. The second-order valence-electron chi connectivity index (χ2n) is 7.09. The number of pyridine rings is 1. The molecule has 0 bridgehead atoms. The van der Waals surface area contributed by atoms with Gasteiger partial charge >= 0.3 is 12.1 Å². The van der Waals surface area contributed by atoms with Gasteiger partial charge < -0.3 is 15.4 Å². The third-order valence-corrected chi connectivity index (χ3v) is 5.40. The average molecular weight is 444 g/mol. The number of hydrogen-bond donors (Lipinski definition) is 3. The molecule has 3 heterocycles. The summed E-state index contributed by atoms with van der Waals surface area (Å²) in [6.07, 6.45) is -2.21. The van der Waals surface area contributed by atoms with Crippen LogP contribution in [0.2, 0.25) is 5.02 Å². The third kappa shape index (κ3) is 3.53. The van der Waals surface area contributed by atoms with Crippen molar-refractivity contribution in [1.29, 1.82) is 0 Å². The highest BCUT2D eigenvalue weighted by Gasteiger charge is 2.67. The Morgan fingerprint density at radius 2 is 2.07 bits per heavy atom. The Balaban J connectivity index is 1.72. The molecule has 0 saturated heterocycles. The highest BCUT2D eigenvalue weighted by Crippen LogP contribution is 2.61. The number of carboxylic acid groups (broad SMARTS) is 1. The van der Waals surface area contributed by atoms with Gasteiger partial charge in [0.05, 0.1) is 29.1 Å². The predicted molar refractivity (Wildman–Crippen MR) is 99.5 cm³/mol. The first-order valence-electron chi connectivity index (χ1n) is 8.81. The highest BCUT2D eigenvalue weighted by atomic mass is 35.5. The maximum absolute atomic E-state index is 14.3. The van der Waals surface area contributed by atoms with E-state index in [-0.39, 0.29) is 18.7 Å². The van der Waals surface area contributed by atoms with Crippen molar-refractivity contribution in [2.75, 3.05) is 5.32 Å². The molecular weight excluding hydrogens is 430 g/mol. The lowest BCUT2D eigenvalue weighted by atomic mass is 9.92. The van der Waals surface area contributed by atoms with Crippen molar-refractivity contribution in [3.05, 3.63) is 35.5 Å². The zero-order valence-corrected chi connectivity index (χ0v) is 15.9. The lowest BCUT2D eigenvalue weighted by Gasteiger charge is -2.29. The second kappa shape index (κ2) is 7.08. The number of aromatic nitrogens is 4. The molecule has 1 unspecified atom stereocenters. The van der Waals surface area contributed by atoms with Crippen molar-refractivity contribution in [2.45, 2.75) is 31.5 Å². The van der Waals surface area contributed by atoms with E-state index in [9.17, 15) is 22.4 Å².